The van der Waals surface area contributed by atoms with Gasteiger partial charge in [-0.25, -0.2) is 14.5 Å². The molecule has 1 unspecified atom stereocenters. The van der Waals surface area contributed by atoms with Crippen molar-refractivity contribution in [3.8, 4) is 11.6 Å². The molecule has 0 spiro atoms. The fourth-order valence-corrected chi connectivity index (χ4v) is 3.68. The quantitative estimate of drug-likeness (QED) is 0.388. The minimum absolute atomic E-state index is 0.0796. The Bertz CT molecular complexity index is 1440. The number of rotatable bonds is 2. The van der Waals surface area contributed by atoms with Crippen LogP contribution in [0.15, 0.2) is 69.2 Å². The van der Waals surface area contributed by atoms with E-state index in [0.29, 0.717) is 32.9 Å². The molecule has 8 heteroatoms. The SMILES string of the molecule is CC1c2c(c3ccccc3oc2=O)Oc2ncn(/N=C/c3ccc(Cl)cc3)c(=N)c21. The Morgan fingerprint density at radius 3 is 2.73 bits per heavy atom. The van der Waals surface area contributed by atoms with E-state index in [1.54, 1.807) is 30.5 Å². The molecular weight excluding hydrogens is 404 g/mol. The molecule has 0 saturated carbocycles. The average molecular weight is 419 g/mol. The van der Waals surface area contributed by atoms with Crippen LogP contribution < -0.4 is 15.9 Å². The third kappa shape index (κ3) is 2.91. The number of benzene rings is 2. The second-order valence-electron chi connectivity index (χ2n) is 6.90. The lowest BCUT2D eigenvalue weighted by Gasteiger charge is -2.24. The molecule has 3 heterocycles. The lowest BCUT2D eigenvalue weighted by molar-refractivity contribution is 0.412. The van der Waals surface area contributed by atoms with Gasteiger partial charge in [-0.15, -0.1) is 0 Å². The molecule has 1 N–H and O–H groups in total. The van der Waals surface area contributed by atoms with Crippen molar-refractivity contribution >= 4 is 28.8 Å². The summed E-state index contributed by atoms with van der Waals surface area (Å²) in [6.07, 6.45) is 3.02. The van der Waals surface area contributed by atoms with Crippen molar-refractivity contribution in [3.05, 3.63) is 92.5 Å². The summed E-state index contributed by atoms with van der Waals surface area (Å²) in [5.74, 6) is 0.271. The van der Waals surface area contributed by atoms with E-state index in [-0.39, 0.29) is 11.4 Å². The second kappa shape index (κ2) is 6.96. The van der Waals surface area contributed by atoms with Gasteiger partial charge >= 0.3 is 5.63 Å². The fraction of sp³-hybridized carbons (Fsp3) is 0.0909. The van der Waals surface area contributed by atoms with Crippen molar-refractivity contribution < 1.29 is 9.15 Å². The Labute approximate surface area is 175 Å². The summed E-state index contributed by atoms with van der Waals surface area (Å²) >= 11 is 5.90. The van der Waals surface area contributed by atoms with Crippen LogP contribution in [-0.2, 0) is 0 Å². The van der Waals surface area contributed by atoms with Crippen molar-refractivity contribution in [1.29, 1.82) is 5.41 Å². The molecule has 30 heavy (non-hydrogen) atoms. The number of hydrogen-bond donors (Lipinski definition) is 1. The molecule has 0 saturated heterocycles. The molecule has 7 nitrogen and oxygen atoms in total. The molecule has 0 aliphatic carbocycles. The van der Waals surface area contributed by atoms with E-state index >= 15 is 0 Å². The van der Waals surface area contributed by atoms with Gasteiger partial charge in [0.1, 0.15) is 11.9 Å². The smallest absolute Gasteiger partial charge is 0.343 e. The van der Waals surface area contributed by atoms with Crippen molar-refractivity contribution in [1.82, 2.24) is 9.66 Å². The Morgan fingerprint density at radius 2 is 1.93 bits per heavy atom. The number of ether oxygens (including phenoxy) is 1. The van der Waals surface area contributed by atoms with E-state index in [2.05, 4.69) is 10.1 Å². The van der Waals surface area contributed by atoms with Crippen LogP contribution in [0.1, 0.15) is 29.5 Å². The first kappa shape index (κ1) is 18.3. The zero-order chi connectivity index (χ0) is 20.8. The maximum absolute atomic E-state index is 12.7. The summed E-state index contributed by atoms with van der Waals surface area (Å²) in [6.45, 7) is 1.83. The third-order valence-electron chi connectivity index (χ3n) is 5.06. The fourth-order valence-electron chi connectivity index (χ4n) is 3.56. The topological polar surface area (TPSA) is 93.5 Å². The minimum atomic E-state index is -0.485. The number of para-hydroxylation sites is 1. The summed E-state index contributed by atoms with van der Waals surface area (Å²) in [7, 11) is 0. The molecule has 0 amide bonds. The summed E-state index contributed by atoms with van der Waals surface area (Å²) in [6, 6.07) is 14.3. The van der Waals surface area contributed by atoms with E-state index in [9.17, 15) is 4.79 Å². The highest BCUT2D eigenvalue weighted by molar-refractivity contribution is 6.30. The standard InChI is InChI=1S/C22H15ClN4O3/c1-12-17-19(15-4-2-3-5-16(15)29-22(17)28)30-21-18(12)20(24)27(11-25-21)26-10-13-6-8-14(23)9-7-13/h2-12,24H,1H3/b24-20?,26-10+. The number of fused-ring (bicyclic) bond motifs is 4. The van der Waals surface area contributed by atoms with Gasteiger partial charge in [-0.3, -0.25) is 5.41 Å². The Morgan fingerprint density at radius 1 is 1.17 bits per heavy atom. The highest BCUT2D eigenvalue weighted by Gasteiger charge is 2.32. The van der Waals surface area contributed by atoms with Gasteiger partial charge in [0, 0.05) is 10.9 Å². The van der Waals surface area contributed by atoms with Crippen LogP contribution in [0.2, 0.25) is 5.02 Å². The number of nitrogens with zero attached hydrogens (tertiary/aromatic N) is 3. The van der Waals surface area contributed by atoms with Gasteiger partial charge in [-0.2, -0.15) is 5.10 Å². The lowest BCUT2D eigenvalue weighted by Crippen LogP contribution is -2.29. The van der Waals surface area contributed by atoms with E-state index in [0.717, 1.165) is 5.56 Å². The van der Waals surface area contributed by atoms with Crippen molar-refractivity contribution in [2.75, 3.05) is 0 Å². The van der Waals surface area contributed by atoms with Gasteiger partial charge in [0.15, 0.2) is 11.2 Å². The molecule has 0 radical (unpaired) electrons. The van der Waals surface area contributed by atoms with Gasteiger partial charge in [-0.05, 0) is 29.8 Å². The maximum Gasteiger partial charge on any atom is 0.343 e. The highest BCUT2D eigenvalue weighted by Crippen LogP contribution is 2.42. The van der Waals surface area contributed by atoms with Crippen LogP contribution >= 0.6 is 11.6 Å². The summed E-state index contributed by atoms with van der Waals surface area (Å²) in [4.78, 5) is 17.0. The van der Waals surface area contributed by atoms with Gasteiger partial charge < -0.3 is 9.15 Å². The molecule has 1 aliphatic rings. The van der Waals surface area contributed by atoms with E-state index in [1.165, 1.54) is 11.0 Å². The Hall–Kier alpha value is -3.71. The van der Waals surface area contributed by atoms with Gasteiger partial charge in [-0.1, -0.05) is 42.8 Å². The van der Waals surface area contributed by atoms with Crippen LogP contribution in [0.25, 0.3) is 11.0 Å². The van der Waals surface area contributed by atoms with Crippen LogP contribution in [0.3, 0.4) is 0 Å². The molecule has 2 aromatic heterocycles. The van der Waals surface area contributed by atoms with Crippen molar-refractivity contribution in [3.63, 3.8) is 0 Å². The van der Waals surface area contributed by atoms with Gasteiger partial charge in [0.05, 0.1) is 22.7 Å². The molecule has 5 rings (SSSR count). The zero-order valence-corrected chi connectivity index (χ0v) is 16.6. The van der Waals surface area contributed by atoms with E-state index < -0.39 is 11.5 Å². The van der Waals surface area contributed by atoms with Crippen molar-refractivity contribution in [2.45, 2.75) is 12.8 Å². The number of nitrogens with one attached hydrogen (secondary N) is 1. The molecule has 2 aromatic carbocycles. The van der Waals surface area contributed by atoms with Gasteiger partial charge in [0.25, 0.3) is 0 Å². The van der Waals surface area contributed by atoms with Crippen LogP contribution in [0.4, 0.5) is 0 Å². The molecule has 0 fully saturated rings. The predicted octanol–water partition coefficient (Wildman–Crippen LogP) is 4.26. The lowest BCUT2D eigenvalue weighted by atomic mass is 9.92. The highest BCUT2D eigenvalue weighted by atomic mass is 35.5. The van der Waals surface area contributed by atoms with Crippen LogP contribution in [-0.4, -0.2) is 15.9 Å². The molecule has 148 valence electrons. The third-order valence-corrected chi connectivity index (χ3v) is 5.32. The van der Waals surface area contributed by atoms with E-state index in [1.807, 2.05) is 31.2 Å². The Kier molecular flexibility index (Phi) is 4.25. The molecular formula is C22H15ClN4O3. The maximum atomic E-state index is 12.7. The number of hydrogen-bond acceptors (Lipinski definition) is 6. The first-order valence-corrected chi connectivity index (χ1v) is 9.60. The summed E-state index contributed by atoms with van der Waals surface area (Å²) in [5.41, 5.74) is 1.71. The second-order valence-corrected chi connectivity index (χ2v) is 7.34. The molecule has 1 atom stereocenters. The van der Waals surface area contributed by atoms with E-state index in [4.69, 9.17) is 26.2 Å². The van der Waals surface area contributed by atoms with Gasteiger partial charge in [0.2, 0.25) is 5.88 Å². The summed E-state index contributed by atoms with van der Waals surface area (Å²) < 4.78 is 12.8. The largest absolute Gasteiger partial charge is 0.437 e. The van der Waals surface area contributed by atoms with Crippen LogP contribution in [0, 0.1) is 5.41 Å². The monoisotopic (exact) mass is 418 g/mol. The zero-order valence-electron chi connectivity index (χ0n) is 15.8. The molecule has 1 aliphatic heterocycles. The first-order chi connectivity index (χ1) is 14.5. The predicted molar refractivity (Wildman–Crippen MR) is 113 cm³/mol. The van der Waals surface area contributed by atoms with Crippen molar-refractivity contribution in [2.24, 2.45) is 5.10 Å². The molecule has 0 bridgehead atoms. The minimum Gasteiger partial charge on any atom is -0.437 e. The first-order valence-electron chi connectivity index (χ1n) is 9.22. The molecule has 4 aromatic rings. The normalized spacial score (nSPS) is 15.1. The average Bonchev–Trinajstić information content (AvgIpc) is 2.74. The summed E-state index contributed by atoms with van der Waals surface area (Å²) in [5, 5.41) is 14.2. The Balaban J connectivity index is 1.61. The van der Waals surface area contributed by atoms with Crippen LogP contribution in [0.5, 0.6) is 11.6 Å². The number of halogens is 1. The number of aromatic nitrogens is 2.